The van der Waals surface area contributed by atoms with Crippen LogP contribution in [0.1, 0.15) is 18.2 Å². The molecule has 1 heterocycles. The molecule has 0 N–H and O–H groups in total. The molecule has 0 bridgehead atoms. The standard InChI is InChI=1S/C19H19O2/c1-4-16-13(2)21-19(14-8-6-5-7-9-14)18-12-15(20-3)10-11-17(16)18/h5-12H,4H2,1-3H3/q+1. The molecule has 2 nitrogen and oxygen atoms in total. The highest BCUT2D eigenvalue weighted by atomic mass is 16.5. The van der Waals surface area contributed by atoms with E-state index in [0.717, 1.165) is 34.6 Å². The SMILES string of the molecule is CCc1c(C)[o+]c(-c2ccccc2)c2cc(OC)ccc12. The third-order valence-corrected chi connectivity index (χ3v) is 3.87. The molecular formula is C19H19O2+. The minimum atomic E-state index is 0.848. The molecule has 0 aliphatic heterocycles. The second-order valence-corrected chi connectivity index (χ2v) is 5.10. The van der Waals surface area contributed by atoms with Crippen LogP contribution in [0.3, 0.4) is 0 Å². The molecule has 0 atom stereocenters. The first-order valence-electron chi connectivity index (χ1n) is 7.23. The van der Waals surface area contributed by atoms with Crippen molar-refractivity contribution in [3.63, 3.8) is 0 Å². The molecule has 21 heavy (non-hydrogen) atoms. The Bertz CT molecular complexity index is 776. The lowest BCUT2D eigenvalue weighted by Gasteiger charge is -2.06. The first-order chi connectivity index (χ1) is 10.2. The van der Waals surface area contributed by atoms with Gasteiger partial charge in [-0.2, -0.15) is 0 Å². The summed E-state index contributed by atoms with van der Waals surface area (Å²) in [4.78, 5) is 0. The van der Waals surface area contributed by atoms with Crippen molar-refractivity contribution in [2.75, 3.05) is 7.11 Å². The van der Waals surface area contributed by atoms with Gasteiger partial charge in [-0.15, -0.1) is 0 Å². The van der Waals surface area contributed by atoms with Gasteiger partial charge in [-0.1, -0.05) is 25.1 Å². The van der Waals surface area contributed by atoms with Crippen molar-refractivity contribution < 1.29 is 9.15 Å². The Labute approximate surface area is 125 Å². The van der Waals surface area contributed by atoms with Gasteiger partial charge < -0.3 is 4.74 Å². The normalized spacial score (nSPS) is 10.8. The average Bonchev–Trinajstić information content (AvgIpc) is 2.54. The number of hydrogen-bond acceptors (Lipinski definition) is 1. The first kappa shape index (κ1) is 13.6. The van der Waals surface area contributed by atoms with Crippen molar-refractivity contribution in [3.05, 3.63) is 59.9 Å². The minimum absolute atomic E-state index is 0.848. The summed E-state index contributed by atoms with van der Waals surface area (Å²) < 4.78 is 11.5. The van der Waals surface area contributed by atoms with Crippen LogP contribution in [0.25, 0.3) is 22.1 Å². The van der Waals surface area contributed by atoms with Crippen molar-refractivity contribution in [1.29, 1.82) is 0 Å². The molecule has 3 rings (SSSR count). The number of benzene rings is 2. The van der Waals surface area contributed by atoms with Crippen LogP contribution in [0.4, 0.5) is 0 Å². The molecule has 0 fully saturated rings. The van der Waals surface area contributed by atoms with Crippen LogP contribution in [0.2, 0.25) is 0 Å². The number of methoxy groups -OCH3 is 1. The Morgan fingerprint density at radius 1 is 1.00 bits per heavy atom. The first-order valence-corrected chi connectivity index (χ1v) is 7.23. The lowest BCUT2D eigenvalue weighted by Crippen LogP contribution is -1.93. The van der Waals surface area contributed by atoms with Gasteiger partial charge in [0.25, 0.3) is 0 Å². The fourth-order valence-corrected chi connectivity index (χ4v) is 2.80. The molecule has 106 valence electrons. The summed E-state index contributed by atoms with van der Waals surface area (Å²) in [6.45, 7) is 4.19. The van der Waals surface area contributed by atoms with Gasteiger partial charge in [-0.25, -0.2) is 4.42 Å². The summed E-state index contributed by atoms with van der Waals surface area (Å²) in [5.41, 5.74) is 2.34. The zero-order chi connectivity index (χ0) is 14.8. The lowest BCUT2D eigenvalue weighted by molar-refractivity contribution is 0.415. The van der Waals surface area contributed by atoms with Crippen LogP contribution in [0.5, 0.6) is 5.75 Å². The summed E-state index contributed by atoms with van der Waals surface area (Å²) in [5.74, 6) is 2.73. The van der Waals surface area contributed by atoms with E-state index in [0.29, 0.717) is 0 Å². The molecule has 1 aromatic heterocycles. The largest absolute Gasteiger partial charge is 0.497 e. The third-order valence-electron chi connectivity index (χ3n) is 3.87. The van der Waals surface area contributed by atoms with Crippen LogP contribution in [0, 0.1) is 6.92 Å². The van der Waals surface area contributed by atoms with Gasteiger partial charge in [0.2, 0.25) is 0 Å². The van der Waals surface area contributed by atoms with Gasteiger partial charge in [0.1, 0.15) is 5.75 Å². The second-order valence-electron chi connectivity index (χ2n) is 5.10. The quantitative estimate of drug-likeness (QED) is 0.609. The zero-order valence-corrected chi connectivity index (χ0v) is 12.6. The Hall–Kier alpha value is -2.35. The van der Waals surface area contributed by atoms with Gasteiger partial charge in [-0.3, -0.25) is 0 Å². The van der Waals surface area contributed by atoms with Crippen LogP contribution in [-0.2, 0) is 6.42 Å². The van der Waals surface area contributed by atoms with Gasteiger partial charge in [0, 0.05) is 5.39 Å². The maximum Gasteiger partial charge on any atom is 0.368 e. The molecule has 0 radical (unpaired) electrons. The van der Waals surface area contributed by atoms with Crippen LogP contribution in [-0.4, -0.2) is 7.11 Å². The predicted octanol–water partition coefficient (Wildman–Crippen LogP) is 5.26. The molecule has 0 unspecified atom stereocenters. The molecule has 0 spiro atoms. The number of aryl methyl sites for hydroxylation is 2. The van der Waals surface area contributed by atoms with Gasteiger partial charge in [-0.05, 0) is 36.8 Å². The highest BCUT2D eigenvalue weighted by molar-refractivity contribution is 5.96. The summed E-state index contributed by atoms with van der Waals surface area (Å²) in [6.07, 6.45) is 0.952. The van der Waals surface area contributed by atoms with E-state index in [2.05, 4.69) is 31.2 Å². The van der Waals surface area contributed by atoms with E-state index >= 15 is 0 Å². The van der Waals surface area contributed by atoms with Crippen LogP contribution < -0.4 is 4.74 Å². The van der Waals surface area contributed by atoms with Crippen molar-refractivity contribution in [2.24, 2.45) is 0 Å². The fourth-order valence-electron chi connectivity index (χ4n) is 2.80. The number of ether oxygens (including phenoxy) is 1. The average molecular weight is 279 g/mol. The van der Waals surface area contributed by atoms with E-state index in [1.165, 1.54) is 10.9 Å². The summed E-state index contributed by atoms with van der Waals surface area (Å²) >= 11 is 0. The van der Waals surface area contributed by atoms with E-state index in [9.17, 15) is 0 Å². The van der Waals surface area contributed by atoms with Gasteiger partial charge in [0.15, 0.2) is 0 Å². The Morgan fingerprint density at radius 3 is 2.43 bits per heavy atom. The number of hydrogen-bond donors (Lipinski definition) is 0. The summed E-state index contributed by atoms with van der Waals surface area (Å²) in [5, 5.41) is 2.34. The van der Waals surface area contributed by atoms with Crippen LogP contribution in [0.15, 0.2) is 52.9 Å². The molecule has 3 aromatic rings. The Balaban J connectivity index is 2.38. The molecule has 2 aromatic carbocycles. The number of fused-ring (bicyclic) bond motifs is 1. The predicted molar refractivity (Wildman–Crippen MR) is 86.7 cm³/mol. The van der Waals surface area contributed by atoms with Gasteiger partial charge in [0.05, 0.1) is 30.5 Å². The maximum absolute atomic E-state index is 6.14. The van der Waals surface area contributed by atoms with Crippen LogP contribution >= 0.6 is 0 Å². The molecule has 0 amide bonds. The highest BCUT2D eigenvalue weighted by Gasteiger charge is 2.23. The van der Waals surface area contributed by atoms with E-state index < -0.39 is 0 Å². The summed E-state index contributed by atoms with van der Waals surface area (Å²) in [7, 11) is 1.69. The van der Waals surface area contributed by atoms with Crippen molar-refractivity contribution >= 4 is 10.8 Å². The monoisotopic (exact) mass is 279 g/mol. The highest BCUT2D eigenvalue weighted by Crippen LogP contribution is 2.35. The molecule has 0 aliphatic carbocycles. The fraction of sp³-hybridized carbons (Fsp3) is 0.211. The zero-order valence-electron chi connectivity index (χ0n) is 12.6. The maximum atomic E-state index is 6.14. The third kappa shape index (κ3) is 2.38. The lowest BCUT2D eigenvalue weighted by atomic mass is 9.99. The van der Waals surface area contributed by atoms with E-state index in [4.69, 9.17) is 9.15 Å². The Morgan fingerprint density at radius 2 is 1.76 bits per heavy atom. The minimum Gasteiger partial charge on any atom is -0.497 e. The van der Waals surface area contributed by atoms with Crippen molar-refractivity contribution in [1.82, 2.24) is 0 Å². The van der Waals surface area contributed by atoms with E-state index in [-0.39, 0.29) is 0 Å². The number of rotatable bonds is 3. The molecule has 0 saturated carbocycles. The topological polar surface area (TPSA) is 20.5 Å². The molecular weight excluding hydrogens is 260 g/mol. The molecule has 0 aliphatic rings. The Kier molecular flexibility index (Phi) is 3.61. The smallest absolute Gasteiger partial charge is 0.368 e. The molecule has 2 heteroatoms. The van der Waals surface area contributed by atoms with Crippen molar-refractivity contribution in [3.8, 4) is 17.1 Å². The van der Waals surface area contributed by atoms with E-state index in [1.807, 2.05) is 31.2 Å². The molecule has 0 saturated heterocycles. The van der Waals surface area contributed by atoms with Crippen molar-refractivity contribution in [2.45, 2.75) is 20.3 Å². The van der Waals surface area contributed by atoms with Gasteiger partial charge >= 0.3 is 11.5 Å². The summed E-state index contributed by atoms with van der Waals surface area (Å²) in [6, 6.07) is 16.4. The second kappa shape index (κ2) is 5.57. The van der Waals surface area contributed by atoms with E-state index in [1.54, 1.807) is 7.11 Å².